The highest BCUT2D eigenvalue weighted by Crippen LogP contribution is 2.23. The summed E-state index contributed by atoms with van der Waals surface area (Å²) in [4.78, 5) is 28.4. The smallest absolute Gasteiger partial charge is 0.243 e. The van der Waals surface area contributed by atoms with E-state index in [1.807, 2.05) is 19.1 Å². The fourth-order valence-corrected chi connectivity index (χ4v) is 5.92. The van der Waals surface area contributed by atoms with Gasteiger partial charge in [0.15, 0.2) is 0 Å². The van der Waals surface area contributed by atoms with Crippen molar-refractivity contribution in [1.82, 2.24) is 10.2 Å². The second kappa shape index (κ2) is 13.8. The lowest BCUT2D eigenvalue weighted by molar-refractivity contribution is -0.141. The molecule has 3 rings (SSSR count). The summed E-state index contributed by atoms with van der Waals surface area (Å²) in [7, 11) is -2.02. The van der Waals surface area contributed by atoms with Gasteiger partial charge in [0.2, 0.25) is 21.8 Å². The molecule has 2 aromatic carbocycles. The Labute approximate surface area is 231 Å². The van der Waals surface area contributed by atoms with Crippen LogP contribution < -0.4 is 14.4 Å². The summed E-state index contributed by atoms with van der Waals surface area (Å²) < 4.78 is 31.5. The standard InChI is InChI=1S/C28H38ClN3O5S/c1-4-26(28(34)30-23-8-5-6-9-23)31(20-21-11-13-22(29)14-12-21)27(33)10-7-19-32(38(3,35)36)24-15-17-25(37-2)18-16-24/h11-18,23,26H,4-10,19-20H2,1-3H3,(H,30,34). The molecule has 0 aliphatic heterocycles. The van der Waals surface area contributed by atoms with E-state index in [0.29, 0.717) is 29.3 Å². The molecule has 10 heteroatoms. The highest BCUT2D eigenvalue weighted by atomic mass is 35.5. The molecule has 38 heavy (non-hydrogen) atoms. The van der Waals surface area contributed by atoms with Crippen molar-refractivity contribution < 1.29 is 22.7 Å². The molecule has 8 nitrogen and oxygen atoms in total. The maximum absolute atomic E-state index is 13.5. The van der Waals surface area contributed by atoms with Crippen molar-refractivity contribution in [2.45, 2.75) is 70.5 Å². The fourth-order valence-electron chi connectivity index (χ4n) is 4.83. The maximum Gasteiger partial charge on any atom is 0.243 e. The molecule has 0 aromatic heterocycles. The van der Waals surface area contributed by atoms with Gasteiger partial charge in [0.1, 0.15) is 11.8 Å². The lowest BCUT2D eigenvalue weighted by atomic mass is 10.1. The van der Waals surface area contributed by atoms with Gasteiger partial charge in [0, 0.05) is 30.6 Å². The number of amides is 2. The molecule has 0 spiro atoms. The third-order valence-electron chi connectivity index (χ3n) is 6.87. The van der Waals surface area contributed by atoms with E-state index in [-0.39, 0.29) is 37.4 Å². The van der Waals surface area contributed by atoms with Crippen molar-refractivity contribution in [2.24, 2.45) is 0 Å². The van der Waals surface area contributed by atoms with E-state index in [0.717, 1.165) is 37.5 Å². The minimum absolute atomic E-state index is 0.100. The number of anilines is 1. The fraction of sp³-hybridized carbons (Fsp3) is 0.500. The summed E-state index contributed by atoms with van der Waals surface area (Å²) in [6, 6.07) is 13.5. The number of methoxy groups -OCH3 is 1. The zero-order valence-corrected chi connectivity index (χ0v) is 23.9. The number of hydrogen-bond donors (Lipinski definition) is 1. The molecular weight excluding hydrogens is 526 g/mol. The summed E-state index contributed by atoms with van der Waals surface area (Å²) in [6.45, 7) is 2.30. The lowest BCUT2D eigenvalue weighted by Gasteiger charge is -2.32. The summed E-state index contributed by atoms with van der Waals surface area (Å²) in [5.74, 6) is 0.283. The lowest BCUT2D eigenvalue weighted by Crippen LogP contribution is -2.51. The van der Waals surface area contributed by atoms with Gasteiger partial charge in [0.25, 0.3) is 0 Å². The quantitative estimate of drug-likeness (QED) is 0.379. The molecule has 0 bridgehead atoms. The predicted molar refractivity (Wildman–Crippen MR) is 151 cm³/mol. The first-order valence-corrected chi connectivity index (χ1v) is 15.3. The number of sulfonamides is 1. The number of nitrogens with zero attached hydrogens (tertiary/aromatic N) is 2. The van der Waals surface area contributed by atoms with Gasteiger partial charge in [-0.2, -0.15) is 0 Å². The first kappa shape index (κ1) is 29.8. The Morgan fingerprint density at radius 1 is 1.08 bits per heavy atom. The molecule has 1 aliphatic rings. The van der Waals surface area contributed by atoms with Crippen molar-refractivity contribution in [2.75, 3.05) is 24.2 Å². The molecule has 2 aromatic rings. The molecule has 0 saturated heterocycles. The van der Waals surface area contributed by atoms with Crippen LogP contribution in [0, 0.1) is 0 Å². The Kier molecular flexibility index (Phi) is 10.8. The molecule has 0 radical (unpaired) electrons. The van der Waals surface area contributed by atoms with Crippen LogP contribution in [-0.2, 0) is 26.2 Å². The highest BCUT2D eigenvalue weighted by molar-refractivity contribution is 7.92. The van der Waals surface area contributed by atoms with Crippen molar-refractivity contribution >= 4 is 39.1 Å². The van der Waals surface area contributed by atoms with Gasteiger partial charge in [-0.05, 0) is 67.6 Å². The van der Waals surface area contributed by atoms with E-state index >= 15 is 0 Å². The van der Waals surface area contributed by atoms with E-state index in [1.54, 1.807) is 48.4 Å². The summed E-state index contributed by atoms with van der Waals surface area (Å²) in [5.41, 5.74) is 1.37. The van der Waals surface area contributed by atoms with Crippen LogP contribution in [0.15, 0.2) is 48.5 Å². The van der Waals surface area contributed by atoms with Crippen LogP contribution in [0.25, 0.3) is 0 Å². The highest BCUT2D eigenvalue weighted by Gasteiger charge is 2.30. The van der Waals surface area contributed by atoms with E-state index in [1.165, 1.54) is 4.31 Å². The number of benzene rings is 2. The summed E-state index contributed by atoms with van der Waals surface area (Å²) >= 11 is 6.04. The average Bonchev–Trinajstić information content (AvgIpc) is 3.40. The maximum atomic E-state index is 13.5. The van der Waals surface area contributed by atoms with Gasteiger partial charge in [-0.15, -0.1) is 0 Å². The molecule has 1 atom stereocenters. The van der Waals surface area contributed by atoms with Gasteiger partial charge < -0.3 is 15.0 Å². The number of carbonyl (C=O) groups excluding carboxylic acids is 2. The molecule has 1 unspecified atom stereocenters. The summed E-state index contributed by atoms with van der Waals surface area (Å²) in [5, 5.41) is 3.73. The Morgan fingerprint density at radius 2 is 1.71 bits per heavy atom. The van der Waals surface area contributed by atoms with Crippen LogP contribution in [-0.4, -0.2) is 57.1 Å². The topological polar surface area (TPSA) is 96.0 Å². The number of hydrogen-bond acceptors (Lipinski definition) is 5. The Hall–Kier alpha value is -2.78. The van der Waals surface area contributed by atoms with Gasteiger partial charge in [-0.1, -0.05) is 43.5 Å². The SMILES string of the molecule is CCC(C(=O)NC1CCCC1)N(Cc1ccc(Cl)cc1)C(=O)CCCN(c1ccc(OC)cc1)S(C)(=O)=O. The molecule has 0 heterocycles. The van der Waals surface area contributed by atoms with Crippen molar-refractivity contribution in [3.05, 3.63) is 59.1 Å². The molecule has 1 aliphatic carbocycles. The van der Waals surface area contributed by atoms with E-state index < -0.39 is 16.1 Å². The third-order valence-corrected chi connectivity index (χ3v) is 8.31. The van der Waals surface area contributed by atoms with Crippen LogP contribution in [0.1, 0.15) is 57.4 Å². The van der Waals surface area contributed by atoms with Gasteiger partial charge >= 0.3 is 0 Å². The predicted octanol–water partition coefficient (Wildman–Crippen LogP) is 4.76. The third kappa shape index (κ3) is 8.36. The largest absolute Gasteiger partial charge is 0.497 e. The number of halogens is 1. The zero-order valence-electron chi connectivity index (χ0n) is 22.4. The first-order chi connectivity index (χ1) is 18.1. The van der Waals surface area contributed by atoms with Crippen LogP contribution in [0.2, 0.25) is 5.02 Å². The molecule has 1 saturated carbocycles. The number of carbonyl (C=O) groups is 2. The van der Waals surface area contributed by atoms with E-state index in [4.69, 9.17) is 16.3 Å². The van der Waals surface area contributed by atoms with Crippen LogP contribution in [0.4, 0.5) is 5.69 Å². The first-order valence-electron chi connectivity index (χ1n) is 13.1. The Morgan fingerprint density at radius 3 is 2.26 bits per heavy atom. The second-order valence-corrected chi connectivity index (χ2v) is 12.0. The van der Waals surface area contributed by atoms with E-state index in [2.05, 4.69) is 5.32 Å². The van der Waals surface area contributed by atoms with Gasteiger partial charge in [0.05, 0.1) is 19.1 Å². The normalized spacial score (nSPS) is 14.6. The number of ether oxygens (including phenoxy) is 1. The molecular formula is C28H38ClN3O5S. The number of nitrogens with one attached hydrogen (secondary N) is 1. The van der Waals surface area contributed by atoms with Crippen molar-refractivity contribution in [3.8, 4) is 5.75 Å². The Bertz CT molecular complexity index is 1170. The van der Waals surface area contributed by atoms with Crippen molar-refractivity contribution in [3.63, 3.8) is 0 Å². The molecule has 1 fully saturated rings. The van der Waals surface area contributed by atoms with Crippen LogP contribution in [0.5, 0.6) is 5.75 Å². The number of rotatable bonds is 13. The monoisotopic (exact) mass is 563 g/mol. The molecule has 208 valence electrons. The minimum Gasteiger partial charge on any atom is -0.497 e. The van der Waals surface area contributed by atoms with Crippen molar-refractivity contribution in [1.29, 1.82) is 0 Å². The second-order valence-electron chi connectivity index (χ2n) is 9.70. The Balaban J connectivity index is 1.74. The van der Waals surface area contributed by atoms with Crippen LogP contribution >= 0.6 is 11.6 Å². The molecule has 2 amide bonds. The minimum atomic E-state index is -3.57. The average molecular weight is 564 g/mol. The van der Waals surface area contributed by atoms with Gasteiger partial charge in [-0.25, -0.2) is 8.42 Å². The van der Waals surface area contributed by atoms with Gasteiger partial charge in [-0.3, -0.25) is 13.9 Å². The van der Waals surface area contributed by atoms with E-state index in [9.17, 15) is 18.0 Å². The zero-order chi connectivity index (χ0) is 27.7. The molecule has 1 N–H and O–H groups in total. The summed E-state index contributed by atoms with van der Waals surface area (Å²) in [6.07, 6.45) is 6.13. The van der Waals surface area contributed by atoms with Crippen LogP contribution in [0.3, 0.4) is 0 Å².